The molecule has 0 saturated heterocycles. The van der Waals surface area contributed by atoms with E-state index in [1.165, 1.54) is 0 Å². The molecule has 2 aromatic carbocycles. The highest BCUT2D eigenvalue weighted by Gasteiger charge is 2.13. The Morgan fingerprint density at radius 2 is 1.89 bits per heavy atom. The van der Waals surface area contributed by atoms with Gasteiger partial charge in [-0.2, -0.15) is 0 Å². The quantitative estimate of drug-likeness (QED) is 0.647. The van der Waals surface area contributed by atoms with Crippen LogP contribution in [-0.4, -0.2) is 32.5 Å². The van der Waals surface area contributed by atoms with Crippen molar-refractivity contribution in [3.8, 4) is 11.5 Å². The van der Waals surface area contributed by atoms with Crippen molar-refractivity contribution >= 4 is 11.6 Å². The van der Waals surface area contributed by atoms with Gasteiger partial charge in [0.05, 0.1) is 19.8 Å². The molecule has 0 unspecified atom stereocenters. The van der Waals surface area contributed by atoms with Gasteiger partial charge in [-0.15, -0.1) is 0 Å². The molecule has 6 nitrogen and oxygen atoms in total. The molecule has 1 N–H and O–H groups in total. The maximum Gasteiger partial charge on any atom is 0.231 e. The van der Waals surface area contributed by atoms with Crippen LogP contribution in [0.4, 0.5) is 5.69 Å². The molecule has 0 aliphatic carbocycles. The first-order chi connectivity index (χ1) is 13.2. The lowest BCUT2D eigenvalue weighted by molar-refractivity contribution is -0.116. The maximum absolute atomic E-state index is 12.2. The highest BCUT2D eigenvalue weighted by atomic mass is 16.7. The third-order valence-corrected chi connectivity index (χ3v) is 4.13. The molecule has 0 fully saturated rings. The average molecular weight is 371 g/mol. The third-order valence-electron chi connectivity index (χ3n) is 4.13. The minimum Gasteiger partial charge on any atom is -0.454 e. The predicted molar refractivity (Wildman–Crippen MR) is 102 cm³/mol. The molecule has 0 atom stereocenters. The summed E-state index contributed by atoms with van der Waals surface area (Å²) < 4.78 is 21.5. The molecule has 1 amide bonds. The summed E-state index contributed by atoms with van der Waals surface area (Å²) >= 11 is 0. The van der Waals surface area contributed by atoms with E-state index in [0.717, 1.165) is 28.3 Å². The Balaban J connectivity index is 1.44. The SMILES string of the molecule is CCOCCOCc1cccc(NC(=O)CCc2ccc3c(c2)OCO3)c1. The third kappa shape index (κ3) is 5.98. The molecule has 0 bridgehead atoms. The Labute approximate surface area is 159 Å². The Morgan fingerprint density at radius 1 is 1.04 bits per heavy atom. The fourth-order valence-electron chi connectivity index (χ4n) is 2.77. The van der Waals surface area contributed by atoms with Gasteiger partial charge in [0.1, 0.15) is 0 Å². The van der Waals surface area contributed by atoms with E-state index in [2.05, 4.69) is 5.32 Å². The number of rotatable bonds is 10. The van der Waals surface area contributed by atoms with Crippen LogP contribution in [0.2, 0.25) is 0 Å². The molecule has 144 valence electrons. The summed E-state index contributed by atoms with van der Waals surface area (Å²) in [6, 6.07) is 13.5. The normalized spacial score (nSPS) is 12.2. The van der Waals surface area contributed by atoms with Crippen LogP contribution in [-0.2, 0) is 27.3 Å². The Morgan fingerprint density at radius 3 is 2.78 bits per heavy atom. The van der Waals surface area contributed by atoms with Crippen LogP contribution in [0, 0.1) is 0 Å². The molecule has 0 aromatic heterocycles. The summed E-state index contributed by atoms with van der Waals surface area (Å²) in [7, 11) is 0. The van der Waals surface area contributed by atoms with Gasteiger partial charge in [0.25, 0.3) is 0 Å². The van der Waals surface area contributed by atoms with E-state index in [1.807, 2.05) is 49.4 Å². The van der Waals surface area contributed by atoms with Crippen molar-refractivity contribution in [3.05, 3.63) is 53.6 Å². The number of anilines is 1. The minimum absolute atomic E-state index is 0.0259. The van der Waals surface area contributed by atoms with Crippen molar-refractivity contribution < 1.29 is 23.7 Å². The van der Waals surface area contributed by atoms with Crippen molar-refractivity contribution in [1.29, 1.82) is 0 Å². The van der Waals surface area contributed by atoms with Crippen LogP contribution < -0.4 is 14.8 Å². The highest BCUT2D eigenvalue weighted by Crippen LogP contribution is 2.32. The molecule has 0 radical (unpaired) electrons. The number of fused-ring (bicyclic) bond motifs is 1. The number of amides is 1. The molecular weight excluding hydrogens is 346 g/mol. The molecule has 2 aromatic rings. The minimum atomic E-state index is -0.0259. The van der Waals surface area contributed by atoms with Gasteiger partial charge in [-0.1, -0.05) is 18.2 Å². The zero-order valence-electron chi connectivity index (χ0n) is 15.5. The zero-order valence-corrected chi connectivity index (χ0v) is 15.5. The standard InChI is InChI=1S/C21H25NO5/c1-2-24-10-11-25-14-17-4-3-5-18(12-17)22-21(23)9-7-16-6-8-19-20(13-16)27-15-26-19/h3-6,8,12-13H,2,7,9-11,14-15H2,1H3,(H,22,23). The summed E-state index contributed by atoms with van der Waals surface area (Å²) in [5, 5.41) is 2.94. The van der Waals surface area contributed by atoms with Crippen molar-refractivity contribution in [3.63, 3.8) is 0 Å². The van der Waals surface area contributed by atoms with Gasteiger partial charge in [-0.25, -0.2) is 0 Å². The summed E-state index contributed by atoms with van der Waals surface area (Å²) in [6.07, 6.45) is 1.04. The van der Waals surface area contributed by atoms with E-state index in [-0.39, 0.29) is 12.7 Å². The molecule has 6 heteroatoms. The van der Waals surface area contributed by atoms with Crippen LogP contribution >= 0.6 is 0 Å². The van der Waals surface area contributed by atoms with Crippen molar-refractivity contribution in [1.82, 2.24) is 0 Å². The summed E-state index contributed by atoms with van der Waals surface area (Å²) in [4.78, 5) is 12.2. The zero-order chi connectivity index (χ0) is 18.9. The first-order valence-electron chi connectivity index (χ1n) is 9.17. The van der Waals surface area contributed by atoms with Crippen molar-refractivity contribution in [2.45, 2.75) is 26.4 Å². The topological polar surface area (TPSA) is 66.0 Å². The number of nitrogens with one attached hydrogen (secondary N) is 1. The van der Waals surface area contributed by atoms with Crippen LogP contribution in [0.25, 0.3) is 0 Å². The molecule has 1 aliphatic heterocycles. The molecular formula is C21H25NO5. The Kier molecular flexibility index (Phi) is 7.07. The largest absolute Gasteiger partial charge is 0.454 e. The smallest absolute Gasteiger partial charge is 0.231 e. The predicted octanol–water partition coefficient (Wildman–Crippen LogP) is 3.54. The van der Waals surface area contributed by atoms with Gasteiger partial charge < -0.3 is 24.3 Å². The second-order valence-corrected chi connectivity index (χ2v) is 6.19. The Hall–Kier alpha value is -2.57. The van der Waals surface area contributed by atoms with Crippen LogP contribution in [0.5, 0.6) is 11.5 Å². The molecule has 0 saturated carbocycles. The second kappa shape index (κ2) is 9.94. The summed E-state index contributed by atoms with van der Waals surface area (Å²) in [5.74, 6) is 1.47. The van der Waals surface area contributed by atoms with Crippen molar-refractivity contribution in [2.75, 3.05) is 31.9 Å². The first kappa shape index (κ1) is 19.2. The molecule has 27 heavy (non-hydrogen) atoms. The van der Waals surface area contributed by atoms with E-state index in [0.29, 0.717) is 39.3 Å². The van der Waals surface area contributed by atoms with E-state index >= 15 is 0 Å². The van der Waals surface area contributed by atoms with Gasteiger partial charge in [0.15, 0.2) is 11.5 Å². The fourth-order valence-corrected chi connectivity index (χ4v) is 2.77. The number of aryl methyl sites for hydroxylation is 1. The van der Waals surface area contributed by atoms with Crippen molar-refractivity contribution in [2.24, 2.45) is 0 Å². The van der Waals surface area contributed by atoms with E-state index in [9.17, 15) is 4.79 Å². The summed E-state index contributed by atoms with van der Waals surface area (Å²) in [5.41, 5.74) is 2.84. The Bertz CT molecular complexity index is 762. The number of benzene rings is 2. The van der Waals surface area contributed by atoms with Crippen LogP contribution in [0.3, 0.4) is 0 Å². The lowest BCUT2D eigenvalue weighted by Gasteiger charge is -2.09. The number of carbonyl (C=O) groups is 1. The molecule has 0 spiro atoms. The molecule has 1 heterocycles. The van der Waals surface area contributed by atoms with E-state index in [1.54, 1.807) is 0 Å². The van der Waals surface area contributed by atoms with Gasteiger partial charge in [0, 0.05) is 18.7 Å². The van der Waals surface area contributed by atoms with Gasteiger partial charge in [-0.05, 0) is 48.7 Å². The second-order valence-electron chi connectivity index (χ2n) is 6.19. The fraction of sp³-hybridized carbons (Fsp3) is 0.381. The van der Waals surface area contributed by atoms with Crippen LogP contribution in [0.1, 0.15) is 24.5 Å². The maximum atomic E-state index is 12.2. The van der Waals surface area contributed by atoms with Gasteiger partial charge in [0.2, 0.25) is 12.7 Å². The monoisotopic (exact) mass is 371 g/mol. The highest BCUT2D eigenvalue weighted by molar-refractivity contribution is 5.90. The van der Waals surface area contributed by atoms with Gasteiger partial charge >= 0.3 is 0 Å². The lowest BCUT2D eigenvalue weighted by Crippen LogP contribution is -2.12. The van der Waals surface area contributed by atoms with E-state index in [4.69, 9.17) is 18.9 Å². The first-order valence-corrected chi connectivity index (χ1v) is 9.17. The summed E-state index contributed by atoms with van der Waals surface area (Å²) in [6.45, 7) is 4.54. The number of carbonyl (C=O) groups excluding carboxylic acids is 1. The lowest BCUT2D eigenvalue weighted by atomic mass is 10.1. The number of hydrogen-bond donors (Lipinski definition) is 1. The molecule has 1 aliphatic rings. The number of ether oxygens (including phenoxy) is 4. The number of hydrogen-bond acceptors (Lipinski definition) is 5. The van der Waals surface area contributed by atoms with E-state index < -0.39 is 0 Å². The average Bonchev–Trinajstić information content (AvgIpc) is 3.14. The van der Waals surface area contributed by atoms with Gasteiger partial charge in [-0.3, -0.25) is 4.79 Å². The molecule has 3 rings (SSSR count). The van der Waals surface area contributed by atoms with Crippen LogP contribution in [0.15, 0.2) is 42.5 Å².